The van der Waals surface area contributed by atoms with Gasteiger partial charge in [0, 0.05) is 50.3 Å². The van der Waals surface area contributed by atoms with E-state index in [1.807, 2.05) is 0 Å². The second kappa shape index (κ2) is 7.07. The predicted octanol–water partition coefficient (Wildman–Crippen LogP) is 2.57. The Morgan fingerprint density at radius 1 is 1.23 bits per heavy atom. The molecule has 0 amide bonds. The van der Waals surface area contributed by atoms with Crippen LogP contribution in [0.15, 0.2) is 24.3 Å². The molecule has 0 spiro atoms. The number of aryl methyl sites for hydroxylation is 1. The van der Waals surface area contributed by atoms with Crippen LogP contribution >= 0.6 is 11.5 Å². The first-order valence-electron chi connectivity index (χ1n) is 7.71. The predicted molar refractivity (Wildman–Crippen MR) is 90.9 cm³/mol. The Hall–Kier alpha value is -1.66. The highest BCUT2D eigenvalue weighted by Gasteiger charge is 2.12. The van der Waals surface area contributed by atoms with Gasteiger partial charge in [-0.25, -0.2) is 4.98 Å². The zero-order chi connectivity index (χ0) is 15.4. The minimum Gasteiger partial charge on any atom is -0.378 e. The summed E-state index contributed by atoms with van der Waals surface area (Å²) < 4.78 is 9.74. The molecule has 6 heteroatoms. The maximum absolute atomic E-state index is 5.40. The molecule has 0 atom stereocenters. The maximum atomic E-state index is 5.40. The summed E-state index contributed by atoms with van der Waals surface area (Å²) in [6.45, 7) is 6.52. The number of nitrogens with zero attached hydrogens (tertiary/aromatic N) is 4. The number of morpholine rings is 1. The molecule has 22 heavy (non-hydrogen) atoms. The third-order valence-electron chi connectivity index (χ3n) is 3.83. The molecule has 0 bridgehead atoms. The number of benzene rings is 1. The van der Waals surface area contributed by atoms with Crippen LogP contribution in [0.25, 0.3) is 0 Å². The Labute approximate surface area is 135 Å². The van der Waals surface area contributed by atoms with Gasteiger partial charge < -0.3 is 14.5 Å². The number of rotatable bonds is 5. The monoisotopic (exact) mass is 318 g/mol. The van der Waals surface area contributed by atoms with Crippen molar-refractivity contribution in [2.45, 2.75) is 19.9 Å². The lowest BCUT2D eigenvalue weighted by atomic mass is 10.2. The number of ether oxygens (including phenoxy) is 1. The molecule has 118 valence electrons. The highest BCUT2D eigenvalue weighted by Crippen LogP contribution is 2.21. The summed E-state index contributed by atoms with van der Waals surface area (Å²) in [7, 11) is 2.07. The summed E-state index contributed by atoms with van der Waals surface area (Å²) in [6, 6.07) is 8.80. The first kappa shape index (κ1) is 15.2. The molecule has 0 aliphatic carbocycles. The van der Waals surface area contributed by atoms with Crippen molar-refractivity contribution in [1.82, 2.24) is 9.36 Å². The van der Waals surface area contributed by atoms with Crippen molar-refractivity contribution in [3.8, 4) is 0 Å². The highest BCUT2D eigenvalue weighted by molar-refractivity contribution is 7.09. The van der Waals surface area contributed by atoms with Gasteiger partial charge in [0.1, 0.15) is 5.82 Å². The molecule has 0 unspecified atom stereocenters. The average molecular weight is 318 g/mol. The molecule has 5 nitrogen and oxygen atoms in total. The lowest BCUT2D eigenvalue weighted by Crippen LogP contribution is -2.36. The summed E-state index contributed by atoms with van der Waals surface area (Å²) >= 11 is 1.47. The van der Waals surface area contributed by atoms with Crippen molar-refractivity contribution in [3.05, 3.63) is 35.7 Å². The molecule has 3 rings (SSSR count). The van der Waals surface area contributed by atoms with E-state index in [0.29, 0.717) is 0 Å². The van der Waals surface area contributed by atoms with Crippen molar-refractivity contribution in [3.63, 3.8) is 0 Å². The van der Waals surface area contributed by atoms with Crippen molar-refractivity contribution in [1.29, 1.82) is 0 Å². The van der Waals surface area contributed by atoms with Crippen LogP contribution in [-0.4, -0.2) is 42.7 Å². The Morgan fingerprint density at radius 3 is 2.59 bits per heavy atom. The number of anilines is 2. The van der Waals surface area contributed by atoms with Gasteiger partial charge in [-0.1, -0.05) is 19.1 Å². The van der Waals surface area contributed by atoms with E-state index in [2.05, 4.69) is 57.4 Å². The van der Waals surface area contributed by atoms with E-state index in [1.54, 1.807) is 0 Å². The van der Waals surface area contributed by atoms with Gasteiger partial charge in [0.05, 0.1) is 13.2 Å². The van der Waals surface area contributed by atoms with Gasteiger partial charge in [-0.05, 0) is 17.7 Å². The SMILES string of the molecule is CCc1nsc(N(C)Cc2ccc(N3CCOCC3)cc2)n1. The van der Waals surface area contributed by atoms with Crippen LogP contribution in [0.2, 0.25) is 0 Å². The molecule has 0 saturated carbocycles. The molecule has 2 heterocycles. The summed E-state index contributed by atoms with van der Waals surface area (Å²) in [5.41, 5.74) is 2.56. The van der Waals surface area contributed by atoms with E-state index in [1.165, 1.54) is 22.8 Å². The lowest BCUT2D eigenvalue weighted by molar-refractivity contribution is 0.122. The van der Waals surface area contributed by atoms with Crippen LogP contribution in [0, 0.1) is 0 Å². The maximum Gasteiger partial charge on any atom is 0.205 e. The van der Waals surface area contributed by atoms with Gasteiger partial charge in [0.15, 0.2) is 0 Å². The van der Waals surface area contributed by atoms with Crippen LogP contribution in [-0.2, 0) is 17.7 Å². The quantitative estimate of drug-likeness (QED) is 0.847. The molecular weight excluding hydrogens is 296 g/mol. The minimum atomic E-state index is 0.821. The summed E-state index contributed by atoms with van der Waals surface area (Å²) in [5.74, 6) is 0.925. The van der Waals surface area contributed by atoms with Gasteiger partial charge >= 0.3 is 0 Å². The number of aromatic nitrogens is 2. The van der Waals surface area contributed by atoms with E-state index in [0.717, 1.165) is 50.2 Å². The molecule has 0 N–H and O–H groups in total. The summed E-state index contributed by atoms with van der Waals surface area (Å²) in [6.07, 6.45) is 0.887. The second-order valence-electron chi connectivity index (χ2n) is 5.47. The van der Waals surface area contributed by atoms with Crippen LogP contribution in [0.3, 0.4) is 0 Å². The molecule has 0 radical (unpaired) electrons. The highest BCUT2D eigenvalue weighted by atomic mass is 32.1. The van der Waals surface area contributed by atoms with Crippen LogP contribution in [0.5, 0.6) is 0 Å². The van der Waals surface area contributed by atoms with Crippen LogP contribution in [0.4, 0.5) is 10.8 Å². The van der Waals surface area contributed by atoms with E-state index in [4.69, 9.17) is 4.74 Å². The summed E-state index contributed by atoms with van der Waals surface area (Å²) in [4.78, 5) is 9.05. The van der Waals surface area contributed by atoms with Crippen molar-refractivity contribution >= 4 is 22.4 Å². The third-order valence-corrected chi connectivity index (χ3v) is 4.70. The molecule has 1 fully saturated rings. The molecule has 1 aromatic heterocycles. The van der Waals surface area contributed by atoms with Crippen LogP contribution in [0.1, 0.15) is 18.3 Å². The van der Waals surface area contributed by atoms with E-state index >= 15 is 0 Å². The molecule has 1 saturated heterocycles. The Kier molecular flexibility index (Phi) is 4.90. The zero-order valence-corrected chi connectivity index (χ0v) is 14.0. The molecule has 1 aliphatic rings. The minimum absolute atomic E-state index is 0.821. The van der Waals surface area contributed by atoms with E-state index in [9.17, 15) is 0 Å². The number of hydrogen-bond donors (Lipinski definition) is 0. The average Bonchev–Trinajstić information content (AvgIpc) is 3.06. The zero-order valence-electron chi connectivity index (χ0n) is 13.2. The van der Waals surface area contributed by atoms with Crippen LogP contribution < -0.4 is 9.80 Å². The smallest absolute Gasteiger partial charge is 0.205 e. The fraction of sp³-hybridized carbons (Fsp3) is 0.500. The van der Waals surface area contributed by atoms with Crippen molar-refractivity contribution in [2.75, 3.05) is 43.2 Å². The summed E-state index contributed by atoms with van der Waals surface area (Å²) in [5, 5.41) is 0.981. The first-order chi connectivity index (χ1) is 10.8. The fourth-order valence-electron chi connectivity index (χ4n) is 2.52. The number of hydrogen-bond acceptors (Lipinski definition) is 6. The Morgan fingerprint density at radius 2 is 1.95 bits per heavy atom. The standard InChI is InChI=1S/C16H22N4OS/c1-3-15-17-16(22-18-15)19(2)12-13-4-6-14(7-5-13)20-8-10-21-11-9-20/h4-7H,3,8-12H2,1-2H3. The molecule has 1 aromatic carbocycles. The van der Waals surface area contributed by atoms with Crippen molar-refractivity contribution in [2.24, 2.45) is 0 Å². The molecular formula is C16H22N4OS. The van der Waals surface area contributed by atoms with Gasteiger partial charge in [-0.2, -0.15) is 4.37 Å². The second-order valence-corrected chi connectivity index (χ2v) is 6.20. The van der Waals surface area contributed by atoms with Gasteiger partial charge in [-0.15, -0.1) is 0 Å². The van der Waals surface area contributed by atoms with Gasteiger partial charge in [0.2, 0.25) is 5.13 Å². The van der Waals surface area contributed by atoms with Gasteiger partial charge in [-0.3, -0.25) is 0 Å². The molecule has 1 aliphatic heterocycles. The first-order valence-corrected chi connectivity index (χ1v) is 8.49. The third kappa shape index (κ3) is 3.56. The molecule has 2 aromatic rings. The lowest BCUT2D eigenvalue weighted by Gasteiger charge is -2.29. The topological polar surface area (TPSA) is 41.5 Å². The normalized spacial score (nSPS) is 15.1. The fourth-order valence-corrected chi connectivity index (χ4v) is 3.23. The van der Waals surface area contributed by atoms with Crippen molar-refractivity contribution < 1.29 is 4.74 Å². The largest absolute Gasteiger partial charge is 0.378 e. The van der Waals surface area contributed by atoms with Gasteiger partial charge in [0.25, 0.3) is 0 Å². The van der Waals surface area contributed by atoms with E-state index < -0.39 is 0 Å². The Balaban J connectivity index is 1.62. The van der Waals surface area contributed by atoms with E-state index in [-0.39, 0.29) is 0 Å². The Bertz CT molecular complexity index is 592.